The maximum Gasteiger partial charge on any atom is 1.00 e. The van der Waals surface area contributed by atoms with Crippen LogP contribution in [-0.2, 0) is 11.1 Å². The SMILES string of the molecule is C=CCCS(=O)[O-].[Na+]. The molecule has 0 aliphatic heterocycles. The minimum Gasteiger partial charge on any atom is -0.772 e. The van der Waals surface area contributed by atoms with Gasteiger partial charge >= 0.3 is 29.6 Å². The van der Waals surface area contributed by atoms with Crippen LogP contribution in [0.25, 0.3) is 0 Å². The van der Waals surface area contributed by atoms with Gasteiger partial charge in [-0.1, -0.05) is 17.2 Å². The summed E-state index contributed by atoms with van der Waals surface area (Å²) in [5.74, 6) is 0.198. The van der Waals surface area contributed by atoms with Crippen LogP contribution in [0.4, 0.5) is 0 Å². The van der Waals surface area contributed by atoms with E-state index in [1.54, 1.807) is 6.08 Å². The molecule has 2 nitrogen and oxygen atoms in total. The first-order valence-corrected chi connectivity index (χ1v) is 3.18. The second kappa shape index (κ2) is 7.85. The van der Waals surface area contributed by atoms with Crippen molar-refractivity contribution in [2.24, 2.45) is 0 Å². The minimum atomic E-state index is -1.89. The Morgan fingerprint density at radius 2 is 2.25 bits per heavy atom. The zero-order chi connectivity index (χ0) is 5.70. The fourth-order valence-electron chi connectivity index (χ4n) is 0.180. The first-order chi connectivity index (χ1) is 3.27. The summed E-state index contributed by atoms with van der Waals surface area (Å²) in [4.78, 5) is 0. The fraction of sp³-hybridized carbons (Fsp3) is 0.500. The van der Waals surface area contributed by atoms with Gasteiger partial charge in [0.05, 0.1) is 0 Å². The quantitative estimate of drug-likeness (QED) is 0.247. The predicted octanol–water partition coefficient (Wildman–Crippen LogP) is -2.55. The molecular weight excluding hydrogens is 135 g/mol. The van der Waals surface area contributed by atoms with Gasteiger partial charge < -0.3 is 4.55 Å². The van der Waals surface area contributed by atoms with Crippen LogP contribution >= 0.6 is 0 Å². The molecule has 0 rings (SSSR count). The molecule has 0 aromatic rings. The molecule has 4 heteroatoms. The average Bonchev–Trinajstić information content (AvgIpc) is 1.61. The number of rotatable bonds is 3. The Balaban J connectivity index is 0. The van der Waals surface area contributed by atoms with Gasteiger partial charge in [0.2, 0.25) is 0 Å². The Hall–Kier alpha value is 0.850. The van der Waals surface area contributed by atoms with Crippen LogP contribution < -0.4 is 29.6 Å². The van der Waals surface area contributed by atoms with Crippen LogP contribution in [0.3, 0.4) is 0 Å². The maximum absolute atomic E-state index is 9.71. The summed E-state index contributed by atoms with van der Waals surface area (Å²) in [5.41, 5.74) is 0. The van der Waals surface area contributed by atoms with Gasteiger partial charge in [0, 0.05) is 5.75 Å². The molecule has 0 spiro atoms. The third-order valence-corrected chi connectivity index (χ3v) is 1.06. The van der Waals surface area contributed by atoms with Crippen molar-refractivity contribution in [2.45, 2.75) is 6.42 Å². The standard InChI is InChI=1S/C4H8O2S.Na/c1-2-3-4-7(5)6;/h2H,1,3-4H2,(H,5,6);/q;+1/p-1. The number of allylic oxidation sites excluding steroid dienone is 1. The number of hydrogen-bond acceptors (Lipinski definition) is 2. The Morgan fingerprint density at radius 3 is 2.38 bits per heavy atom. The summed E-state index contributed by atoms with van der Waals surface area (Å²) in [5, 5.41) is 0. The van der Waals surface area contributed by atoms with Gasteiger partial charge in [-0.25, -0.2) is 0 Å². The maximum atomic E-state index is 9.71. The molecule has 0 aromatic carbocycles. The van der Waals surface area contributed by atoms with Crippen molar-refractivity contribution in [3.8, 4) is 0 Å². The van der Waals surface area contributed by atoms with E-state index in [1.165, 1.54) is 0 Å². The van der Waals surface area contributed by atoms with E-state index in [-0.39, 0.29) is 35.3 Å². The number of hydrogen-bond donors (Lipinski definition) is 0. The second-order valence-corrected chi connectivity index (χ2v) is 2.10. The molecule has 0 amide bonds. The van der Waals surface area contributed by atoms with E-state index >= 15 is 0 Å². The van der Waals surface area contributed by atoms with Gasteiger partial charge in [-0.05, 0) is 6.42 Å². The molecule has 0 saturated heterocycles. The van der Waals surface area contributed by atoms with Gasteiger partial charge in [0.15, 0.2) is 0 Å². The van der Waals surface area contributed by atoms with Crippen molar-refractivity contribution in [2.75, 3.05) is 5.75 Å². The van der Waals surface area contributed by atoms with Gasteiger partial charge in [0.1, 0.15) is 0 Å². The zero-order valence-corrected chi connectivity index (χ0v) is 7.74. The van der Waals surface area contributed by atoms with E-state index in [9.17, 15) is 8.76 Å². The van der Waals surface area contributed by atoms with Gasteiger partial charge in [-0.3, -0.25) is 4.21 Å². The molecule has 8 heavy (non-hydrogen) atoms. The summed E-state index contributed by atoms with van der Waals surface area (Å²) >= 11 is -1.89. The van der Waals surface area contributed by atoms with Crippen molar-refractivity contribution in [3.63, 3.8) is 0 Å². The minimum absolute atomic E-state index is 0. The van der Waals surface area contributed by atoms with Gasteiger partial charge in [-0.2, -0.15) is 0 Å². The molecule has 0 saturated carbocycles. The van der Waals surface area contributed by atoms with E-state index in [4.69, 9.17) is 0 Å². The van der Waals surface area contributed by atoms with Crippen LogP contribution in [-0.4, -0.2) is 14.5 Å². The fourth-order valence-corrected chi connectivity index (χ4v) is 0.539. The summed E-state index contributed by atoms with van der Waals surface area (Å²) in [6.45, 7) is 3.36. The van der Waals surface area contributed by atoms with Crippen molar-refractivity contribution < 1.29 is 38.3 Å². The van der Waals surface area contributed by atoms with Crippen molar-refractivity contribution in [1.29, 1.82) is 0 Å². The molecule has 0 heterocycles. The molecule has 0 aliphatic carbocycles. The summed E-state index contributed by atoms with van der Waals surface area (Å²) in [6.07, 6.45) is 2.13. The van der Waals surface area contributed by atoms with Crippen molar-refractivity contribution in [1.82, 2.24) is 0 Å². The molecule has 0 aromatic heterocycles. The Bertz CT molecular complexity index is 84.1. The van der Waals surface area contributed by atoms with Crippen LogP contribution in [0, 0.1) is 0 Å². The van der Waals surface area contributed by atoms with Crippen molar-refractivity contribution in [3.05, 3.63) is 12.7 Å². The van der Waals surface area contributed by atoms with E-state index < -0.39 is 11.1 Å². The monoisotopic (exact) mass is 142 g/mol. The molecule has 0 N–H and O–H groups in total. The summed E-state index contributed by atoms with van der Waals surface area (Å²) < 4.78 is 19.4. The Labute approximate surface area is 73.9 Å². The zero-order valence-electron chi connectivity index (χ0n) is 4.92. The Morgan fingerprint density at radius 1 is 1.75 bits per heavy atom. The predicted molar refractivity (Wildman–Crippen MR) is 28.6 cm³/mol. The molecular formula is C4H7NaO2S. The summed E-state index contributed by atoms with van der Waals surface area (Å²) in [7, 11) is 0. The Kier molecular flexibility index (Phi) is 11.4. The van der Waals surface area contributed by atoms with E-state index in [0.29, 0.717) is 6.42 Å². The second-order valence-electron chi connectivity index (χ2n) is 1.09. The van der Waals surface area contributed by atoms with E-state index in [2.05, 4.69) is 6.58 Å². The summed E-state index contributed by atoms with van der Waals surface area (Å²) in [6, 6.07) is 0. The van der Waals surface area contributed by atoms with E-state index in [0.717, 1.165) is 0 Å². The molecule has 1 unspecified atom stereocenters. The van der Waals surface area contributed by atoms with Crippen LogP contribution in [0.5, 0.6) is 0 Å². The molecule has 1 atom stereocenters. The van der Waals surface area contributed by atoms with Gasteiger partial charge in [0.25, 0.3) is 0 Å². The molecule has 0 fully saturated rings. The normalized spacial score (nSPS) is 11.6. The van der Waals surface area contributed by atoms with Crippen molar-refractivity contribution >= 4 is 11.1 Å². The molecule has 42 valence electrons. The van der Waals surface area contributed by atoms with Crippen LogP contribution in [0.1, 0.15) is 6.42 Å². The smallest absolute Gasteiger partial charge is 0.772 e. The third-order valence-electron chi connectivity index (χ3n) is 0.489. The van der Waals surface area contributed by atoms with Gasteiger partial charge in [-0.15, -0.1) is 6.58 Å². The first-order valence-electron chi connectivity index (χ1n) is 1.94. The average molecular weight is 142 g/mol. The van der Waals surface area contributed by atoms with Crippen LogP contribution in [0.15, 0.2) is 12.7 Å². The largest absolute Gasteiger partial charge is 1.00 e. The van der Waals surface area contributed by atoms with Crippen LogP contribution in [0.2, 0.25) is 0 Å². The molecule has 0 aliphatic rings. The topological polar surface area (TPSA) is 40.1 Å². The van der Waals surface area contributed by atoms with E-state index in [1.807, 2.05) is 0 Å². The molecule has 0 bridgehead atoms. The first kappa shape index (κ1) is 11.6. The molecule has 0 radical (unpaired) electrons. The third kappa shape index (κ3) is 9.97.